The Morgan fingerprint density at radius 1 is 1.18 bits per heavy atom. The van der Waals surface area contributed by atoms with Gasteiger partial charge in [-0.25, -0.2) is 8.42 Å². The Morgan fingerprint density at radius 3 is 2.55 bits per heavy atom. The molecule has 1 saturated carbocycles. The standard InChI is InChI=1S/C16H22N2O3S/c1-17-16(19)15-11-12-7-5-6-10-14(12)18(15)22(20,21)13-8-3-2-4-9-13/h2-4,8-9,12,14-15H,5-7,10-11H2,1H3,(H,17,19)/t12-,14+,15-/m0/s1. The maximum absolute atomic E-state index is 13.1. The number of carbonyl (C=O) groups is 1. The summed E-state index contributed by atoms with van der Waals surface area (Å²) < 4.78 is 27.6. The van der Waals surface area contributed by atoms with Crippen LogP contribution in [0.2, 0.25) is 0 Å². The molecule has 1 aromatic rings. The van der Waals surface area contributed by atoms with Crippen LogP contribution in [0.5, 0.6) is 0 Å². The lowest BCUT2D eigenvalue weighted by Crippen LogP contribution is -2.48. The van der Waals surface area contributed by atoms with Gasteiger partial charge in [-0.3, -0.25) is 4.79 Å². The number of hydrogen-bond acceptors (Lipinski definition) is 3. The van der Waals surface area contributed by atoms with Gasteiger partial charge in [0.15, 0.2) is 0 Å². The molecule has 1 saturated heterocycles. The van der Waals surface area contributed by atoms with E-state index in [-0.39, 0.29) is 16.8 Å². The molecule has 2 aliphatic rings. The van der Waals surface area contributed by atoms with E-state index in [0.29, 0.717) is 12.3 Å². The minimum absolute atomic E-state index is 0.0405. The molecule has 1 aromatic carbocycles. The average Bonchev–Trinajstić information content (AvgIpc) is 2.95. The van der Waals surface area contributed by atoms with Crippen LogP contribution >= 0.6 is 0 Å². The quantitative estimate of drug-likeness (QED) is 0.922. The predicted molar refractivity (Wildman–Crippen MR) is 83.7 cm³/mol. The molecule has 0 unspecified atom stereocenters. The Labute approximate surface area is 131 Å². The van der Waals surface area contributed by atoms with Crippen LogP contribution in [0.4, 0.5) is 0 Å². The van der Waals surface area contributed by atoms with Crippen molar-refractivity contribution in [2.45, 2.75) is 49.1 Å². The highest BCUT2D eigenvalue weighted by atomic mass is 32.2. The highest BCUT2D eigenvalue weighted by Gasteiger charge is 2.50. The Morgan fingerprint density at radius 2 is 1.86 bits per heavy atom. The van der Waals surface area contributed by atoms with Gasteiger partial charge >= 0.3 is 0 Å². The molecular weight excluding hydrogens is 300 g/mol. The highest BCUT2D eigenvalue weighted by Crippen LogP contribution is 2.42. The molecule has 1 N–H and O–H groups in total. The zero-order valence-corrected chi connectivity index (χ0v) is 13.6. The first-order valence-corrected chi connectivity index (χ1v) is 9.30. The molecule has 6 heteroatoms. The first-order valence-electron chi connectivity index (χ1n) is 7.86. The Bertz CT molecular complexity index is 645. The molecule has 0 radical (unpaired) electrons. The highest BCUT2D eigenvalue weighted by molar-refractivity contribution is 7.89. The van der Waals surface area contributed by atoms with Gasteiger partial charge in [-0.15, -0.1) is 0 Å². The summed E-state index contributed by atoms with van der Waals surface area (Å²) >= 11 is 0. The maximum atomic E-state index is 13.1. The van der Waals surface area contributed by atoms with Crippen molar-refractivity contribution in [2.75, 3.05) is 7.05 Å². The predicted octanol–water partition coefficient (Wildman–Crippen LogP) is 1.75. The molecule has 1 heterocycles. The molecule has 3 atom stereocenters. The van der Waals surface area contributed by atoms with Crippen LogP contribution in [0.3, 0.4) is 0 Å². The van der Waals surface area contributed by atoms with Crippen LogP contribution in [0.25, 0.3) is 0 Å². The molecule has 5 nitrogen and oxygen atoms in total. The van der Waals surface area contributed by atoms with Crippen molar-refractivity contribution >= 4 is 15.9 Å². The molecule has 1 aliphatic heterocycles. The van der Waals surface area contributed by atoms with Crippen LogP contribution in [0.1, 0.15) is 32.1 Å². The largest absolute Gasteiger partial charge is 0.358 e. The van der Waals surface area contributed by atoms with Crippen LogP contribution in [0, 0.1) is 5.92 Å². The number of sulfonamides is 1. The van der Waals surface area contributed by atoms with Gasteiger partial charge < -0.3 is 5.32 Å². The number of amides is 1. The van der Waals surface area contributed by atoms with Crippen molar-refractivity contribution in [2.24, 2.45) is 5.92 Å². The normalized spacial score (nSPS) is 29.0. The average molecular weight is 322 g/mol. The molecule has 1 amide bonds. The summed E-state index contributed by atoms with van der Waals surface area (Å²) in [7, 11) is -2.07. The summed E-state index contributed by atoms with van der Waals surface area (Å²) in [5, 5.41) is 2.63. The van der Waals surface area contributed by atoms with Crippen molar-refractivity contribution in [3.63, 3.8) is 0 Å². The lowest BCUT2D eigenvalue weighted by Gasteiger charge is -2.32. The third-order valence-corrected chi connectivity index (χ3v) is 6.84. The number of likely N-dealkylation sites (N-methyl/N-ethyl adjacent to an activating group) is 1. The smallest absolute Gasteiger partial charge is 0.244 e. The Kier molecular flexibility index (Phi) is 4.23. The Balaban J connectivity index is 2.02. The molecular formula is C16H22N2O3S. The third-order valence-electron chi connectivity index (χ3n) is 4.90. The van der Waals surface area contributed by atoms with Crippen molar-refractivity contribution < 1.29 is 13.2 Å². The number of rotatable bonds is 3. The maximum Gasteiger partial charge on any atom is 0.244 e. The number of nitrogens with one attached hydrogen (secondary N) is 1. The summed E-state index contributed by atoms with van der Waals surface area (Å²) in [6.07, 6.45) is 4.66. The summed E-state index contributed by atoms with van der Waals surface area (Å²) in [6.45, 7) is 0. The summed E-state index contributed by atoms with van der Waals surface area (Å²) in [5.41, 5.74) is 0. The monoisotopic (exact) mass is 322 g/mol. The summed E-state index contributed by atoms with van der Waals surface area (Å²) in [5.74, 6) is 0.100. The topological polar surface area (TPSA) is 66.5 Å². The molecule has 22 heavy (non-hydrogen) atoms. The molecule has 0 bridgehead atoms. The minimum atomic E-state index is -3.64. The zero-order valence-electron chi connectivity index (χ0n) is 12.7. The molecule has 1 aliphatic carbocycles. The zero-order chi connectivity index (χ0) is 15.7. The van der Waals surface area contributed by atoms with E-state index in [4.69, 9.17) is 0 Å². The molecule has 3 rings (SSSR count). The fourth-order valence-corrected chi connectivity index (χ4v) is 5.76. The fraction of sp³-hybridized carbons (Fsp3) is 0.562. The molecule has 2 fully saturated rings. The second-order valence-corrected chi connectivity index (χ2v) is 7.97. The third kappa shape index (κ3) is 2.54. The first kappa shape index (κ1) is 15.5. The van der Waals surface area contributed by atoms with E-state index < -0.39 is 16.1 Å². The van der Waals surface area contributed by atoms with E-state index in [2.05, 4.69) is 5.32 Å². The number of nitrogens with zero attached hydrogens (tertiary/aromatic N) is 1. The van der Waals surface area contributed by atoms with E-state index in [9.17, 15) is 13.2 Å². The molecule has 120 valence electrons. The van der Waals surface area contributed by atoms with Crippen molar-refractivity contribution in [1.82, 2.24) is 9.62 Å². The number of benzene rings is 1. The second kappa shape index (κ2) is 6.01. The van der Waals surface area contributed by atoms with Gasteiger partial charge in [0.25, 0.3) is 0 Å². The molecule has 0 aromatic heterocycles. The summed E-state index contributed by atoms with van der Waals surface area (Å²) in [4.78, 5) is 12.5. The van der Waals surface area contributed by atoms with Crippen LogP contribution in [0.15, 0.2) is 35.2 Å². The number of carbonyl (C=O) groups excluding carboxylic acids is 1. The SMILES string of the molecule is CNC(=O)[C@@H]1C[C@@H]2CCCC[C@H]2N1S(=O)(=O)c1ccccc1. The van der Waals surface area contributed by atoms with Crippen molar-refractivity contribution in [3.05, 3.63) is 30.3 Å². The number of hydrogen-bond donors (Lipinski definition) is 1. The number of fused-ring (bicyclic) bond motifs is 1. The van der Waals surface area contributed by atoms with Crippen molar-refractivity contribution in [3.8, 4) is 0 Å². The van der Waals surface area contributed by atoms with Crippen molar-refractivity contribution in [1.29, 1.82) is 0 Å². The van der Waals surface area contributed by atoms with Crippen LogP contribution in [-0.4, -0.2) is 37.8 Å². The first-order chi connectivity index (χ1) is 10.6. The van der Waals surface area contributed by atoms with Crippen LogP contribution in [-0.2, 0) is 14.8 Å². The van der Waals surface area contributed by atoms with E-state index in [1.807, 2.05) is 0 Å². The van der Waals surface area contributed by atoms with Gasteiger partial charge in [-0.1, -0.05) is 31.0 Å². The van der Waals surface area contributed by atoms with Gasteiger partial charge in [-0.2, -0.15) is 4.31 Å². The Hall–Kier alpha value is -1.40. The van der Waals surface area contributed by atoms with E-state index in [1.54, 1.807) is 37.4 Å². The molecule has 0 spiro atoms. The van der Waals surface area contributed by atoms with Crippen LogP contribution < -0.4 is 5.32 Å². The fourth-order valence-electron chi connectivity index (χ4n) is 3.87. The lowest BCUT2D eigenvalue weighted by atomic mass is 9.85. The summed E-state index contributed by atoms with van der Waals surface area (Å²) in [6, 6.07) is 7.82. The second-order valence-electron chi connectivity index (χ2n) is 6.13. The van der Waals surface area contributed by atoms with E-state index >= 15 is 0 Å². The minimum Gasteiger partial charge on any atom is -0.358 e. The van der Waals surface area contributed by atoms with E-state index in [1.165, 1.54) is 4.31 Å². The van der Waals surface area contributed by atoms with Gasteiger partial charge in [0.2, 0.25) is 15.9 Å². The lowest BCUT2D eigenvalue weighted by molar-refractivity contribution is -0.123. The van der Waals surface area contributed by atoms with Gasteiger partial charge in [0, 0.05) is 13.1 Å². The van der Waals surface area contributed by atoms with Gasteiger partial charge in [0.1, 0.15) is 6.04 Å². The van der Waals surface area contributed by atoms with Gasteiger partial charge in [0.05, 0.1) is 4.90 Å². The van der Waals surface area contributed by atoms with Gasteiger partial charge in [-0.05, 0) is 37.3 Å². The van der Waals surface area contributed by atoms with E-state index in [0.717, 1.165) is 25.7 Å².